The lowest BCUT2D eigenvalue weighted by Crippen LogP contribution is -2.44. The van der Waals surface area contributed by atoms with Gasteiger partial charge in [-0.2, -0.15) is 0 Å². The molecule has 0 saturated carbocycles. The fraction of sp³-hybridized carbons (Fsp3) is 0.412. The number of thiazole rings is 1. The number of nitrogens with zero attached hydrogens (tertiary/aromatic N) is 2. The Morgan fingerprint density at radius 3 is 3.12 bits per heavy atom. The van der Waals surface area contributed by atoms with Crippen LogP contribution < -0.4 is 5.32 Å². The average Bonchev–Trinajstić information content (AvgIpc) is 2.98. The summed E-state index contributed by atoms with van der Waals surface area (Å²) in [7, 11) is 0. The number of rotatable bonds is 3. The van der Waals surface area contributed by atoms with Gasteiger partial charge in [0.1, 0.15) is 0 Å². The number of aliphatic hydroxyl groups is 1. The van der Waals surface area contributed by atoms with Gasteiger partial charge in [0.2, 0.25) is 0 Å². The van der Waals surface area contributed by atoms with Crippen molar-refractivity contribution in [2.24, 2.45) is 0 Å². The highest BCUT2D eigenvalue weighted by molar-refractivity contribution is 7.15. The van der Waals surface area contributed by atoms with Crippen LogP contribution in [0.5, 0.6) is 0 Å². The van der Waals surface area contributed by atoms with Gasteiger partial charge in [-0.15, -0.1) is 11.3 Å². The third-order valence-corrected chi connectivity index (χ3v) is 5.39. The third kappa shape index (κ3) is 4.26. The van der Waals surface area contributed by atoms with E-state index >= 15 is 0 Å². The van der Waals surface area contributed by atoms with Crippen molar-refractivity contribution in [1.82, 2.24) is 9.88 Å². The molecule has 1 aromatic carbocycles. The molecule has 1 aromatic heterocycles. The van der Waals surface area contributed by atoms with Crippen LogP contribution in [0.1, 0.15) is 28.8 Å². The number of aryl methyl sites for hydroxylation is 1. The highest BCUT2D eigenvalue weighted by atomic mass is 35.5. The van der Waals surface area contributed by atoms with E-state index in [1.165, 1.54) is 11.3 Å². The standard InChI is InChI=1S/C17H20ClN3O2S/c1-11-4-5-12(8-15(11)18)7-14-9-19-16(24-14)20-17(23)21-6-2-3-13(22)10-21/h4-5,8-9,13,22H,2-3,6-7,10H2,1H3,(H,19,20,23). The number of piperidine rings is 1. The van der Waals surface area contributed by atoms with E-state index in [4.69, 9.17) is 11.6 Å². The molecule has 5 nitrogen and oxygen atoms in total. The normalized spacial score (nSPS) is 17.8. The second-order valence-electron chi connectivity index (χ2n) is 6.06. The van der Waals surface area contributed by atoms with Crippen molar-refractivity contribution in [3.8, 4) is 0 Å². The number of hydrogen-bond acceptors (Lipinski definition) is 4. The maximum absolute atomic E-state index is 12.2. The number of β-amino-alcohol motifs (C(OH)–C–C–N with tert-alkyl or cyclic N) is 1. The number of amides is 2. The Kier molecular flexibility index (Phi) is 5.38. The van der Waals surface area contributed by atoms with Gasteiger partial charge < -0.3 is 10.0 Å². The number of hydrogen-bond donors (Lipinski definition) is 2. The van der Waals surface area contributed by atoms with Crippen molar-refractivity contribution in [1.29, 1.82) is 0 Å². The highest BCUT2D eigenvalue weighted by Crippen LogP contribution is 2.24. The Hall–Kier alpha value is -1.63. The van der Waals surface area contributed by atoms with E-state index in [0.29, 0.717) is 18.2 Å². The number of carbonyl (C=O) groups is 1. The lowest BCUT2D eigenvalue weighted by atomic mass is 10.1. The van der Waals surface area contributed by atoms with Crippen molar-refractivity contribution in [2.45, 2.75) is 32.3 Å². The van der Waals surface area contributed by atoms with Crippen molar-refractivity contribution in [3.05, 3.63) is 45.4 Å². The molecule has 2 aromatic rings. The van der Waals surface area contributed by atoms with Crippen LogP contribution in [0.3, 0.4) is 0 Å². The van der Waals surface area contributed by atoms with Crippen LogP contribution in [0.4, 0.5) is 9.93 Å². The predicted molar refractivity (Wildman–Crippen MR) is 96.9 cm³/mol. The molecular weight excluding hydrogens is 346 g/mol. The van der Waals surface area contributed by atoms with E-state index < -0.39 is 6.10 Å². The van der Waals surface area contributed by atoms with Crippen LogP contribution in [0, 0.1) is 6.92 Å². The van der Waals surface area contributed by atoms with E-state index in [9.17, 15) is 9.90 Å². The number of carbonyl (C=O) groups excluding carboxylic acids is 1. The molecule has 24 heavy (non-hydrogen) atoms. The molecule has 1 aliphatic rings. The van der Waals surface area contributed by atoms with Gasteiger partial charge in [-0.25, -0.2) is 9.78 Å². The Morgan fingerprint density at radius 2 is 2.38 bits per heavy atom. The summed E-state index contributed by atoms with van der Waals surface area (Å²) < 4.78 is 0. The molecule has 1 unspecified atom stereocenters. The minimum absolute atomic E-state index is 0.201. The number of anilines is 1. The number of aliphatic hydroxyl groups excluding tert-OH is 1. The molecule has 1 fully saturated rings. The SMILES string of the molecule is Cc1ccc(Cc2cnc(NC(=O)N3CCCC(O)C3)s2)cc1Cl. The molecule has 1 aliphatic heterocycles. The Bertz CT molecular complexity index is 734. The highest BCUT2D eigenvalue weighted by Gasteiger charge is 2.22. The maximum Gasteiger partial charge on any atom is 0.323 e. The zero-order valence-corrected chi connectivity index (χ0v) is 15.0. The summed E-state index contributed by atoms with van der Waals surface area (Å²) in [5.74, 6) is 0. The van der Waals surface area contributed by atoms with E-state index in [0.717, 1.165) is 40.3 Å². The Balaban J connectivity index is 1.60. The molecular formula is C17H20ClN3O2S. The fourth-order valence-corrected chi connectivity index (χ4v) is 3.74. The summed E-state index contributed by atoms with van der Waals surface area (Å²) in [5.41, 5.74) is 2.17. The third-order valence-electron chi connectivity index (χ3n) is 4.07. The molecule has 1 atom stereocenters. The first-order valence-electron chi connectivity index (χ1n) is 7.95. The second-order valence-corrected chi connectivity index (χ2v) is 7.59. The summed E-state index contributed by atoms with van der Waals surface area (Å²) >= 11 is 7.61. The smallest absolute Gasteiger partial charge is 0.323 e. The topological polar surface area (TPSA) is 65.5 Å². The first-order valence-corrected chi connectivity index (χ1v) is 9.14. The first kappa shape index (κ1) is 17.2. The second kappa shape index (κ2) is 7.51. The lowest BCUT2D eigenvalue weighted by Gasteiger charge is -2.29. The number of benzene rings is 1. The molecule has 2 heterocycles. The summed E-state index contributed by atoms with van der Waals surface area (Å²) in [6.07, 6.45) is 3.66. The molecule has 0 radical (unpaired) electrons. The molecule has 128 valence electrons. The van der Waals surface area contributed by atoms with Crippen LogP contribution in [0.25, 0.3) is 0 Å². The quantitative estimate of drug-likeness (QED) is 0.871. The lowest BCUT2D eigenvalue weighted by molar-refractivity contribution is 0.0883. The Labute approximate surface area is 150 Å². The van der Waals surface area contributed by atoms with Gasteiger partial charge in [0.05, 0.1) is 6.10 Å². The molecule has 2 N–H and O–H groups in total. The van der Waals surface area contributed by atoms with Crippen LogP contribution in [0.2, 0.25) is 5.02 Å². The van der Waals surface area contributed by atoms with E-state index in [2.05, 4.69) is 10.3 Å². The molecule has 2 amide bonds. The zero-order chi connectivity index (χ0) is 17.1. The summed E-state index contributed by atoms with van der Waals surface area (Å²) in [6, 6.07) is 5.81. The van der Waals surface area contributed by atoms with Gasteiger partial charge >= 0.3 is 6.03 Å². The van der Waals surface area contributed by atoms with E-state index in [1.807, 2.05) is 25.1 Å². The number of nitrogens with one attached hydrogen (secondary N) is 1. The number of halogens is 1. The minimum Gasteiger partial charge on any atom is -0.391 e. The minimum atomic E-state index is -0.428. The van der Waals surface area contributed by atoms with Crippen LogP contribution in [0.15, 0.2) is 24.4 Å². The number of urea groups is 1. The van der Waals surface area contributed by atoms with Gasteiger partial charge in [-0.3, -0.25) is 5.32 Å². The summed E-state index contributed by atoms with van der Waals surface area (Å²) in [5, 5.41) is 13.8. The molecule has 3 rings (SSSR count). The molecule has 0 aliphatic carbocycles. The Morgan fingerprint density at radius 1 is 1.54 bits per heavy atom. The molecule has 0 bridgehead atoms. The van der Waals surface area contributed by atoms with Gasteiger partial charge in [-0.1, -0.05) is 23.7 Å². The molecule has 0 spiro atoms. The first-order chi connectivity index (χ1) is 11.5. The van der Waals surface area contributed by atoms with Crippen molar-refractivity contribution in [3.63, 3.8) is 0 Å². The number of likely N-dealkylation sites (tertiary alicyclic amines) is 1. The number of aromatic nitrogens is 1. The van der Waals surface area contributed by atoms with Crippen molar-refractivity contribution < 1.29 is 9.90 Å². The maximum atomic E-state index is 12.2. The molecule has 1 saturated heterocycles. The fourth-order valence-electron chi connectivity index (χ4n) is 2.70. The van der Waals surface area contributed by atoms with Crippen molar-refractivity contribution in [2.75, 3.05) is 18.4 Å². The van der Waals surface area contributed by atoms with E-state index in [1.54, 1.807) is 11.1 Å². The van der Waals surface area contributed by atoms with Gasteiger partial charge in [0.25, 0.3) is 0 Å². The van der Waals surface area contributed by atoms with Crippen molar-refractivity contribution >= 4 is 34.1 Å². The summed E-state index contributed by atoms with van der Waals surface area (Å²) in [4.78, 5) is 19.2. The average molecular weight is 366 g/mol. The van der Waals surface area contributed by atoms with Crippen LogP contribution in [-0.4, -0.2) is 40.2 Å². The summed E-state index contributed by atoms with van der Waals surface area (Å²) in [6.45, 7) is 3.03. The largest absolute Gasteiger partial charge is 0.391 e. The zero-order valence-electron chi connectivity index (χ0n) is 13.5. The van der Waals surface area contributed by atoms with Crippen LogP contribution in [-0.2, 0) is 6.42 Å². The van der Waals surface area contributed by atoms with Gasteiger partial charge in [0.15, 0.2) is 5.13 Å². The van der Waals surface area contributed by atoms with Gasteiger partial charge in [0, 0.05) is 35.6 Å². The van der Waals surface area contributed by atoms with E-state index in [-0.39, 0.29) is 6.03 Å². The molecule has 7 heteroatoms. The predicted octanol–water partition coefficient (Wildman–Crippen LogP) is 3.68. The monoisotopic (exact) mass is 365 g/mol. The van der Waals surface area contributed by atoms with Gasteiger partial charge in [-0.05, 0) is 37.0 Å². The van der Waals surface area contributed by atoms with Crippen LogP contribution >= 0.6 is 22.9 Å².